The van der Waals surface area contributed by atoms with Crippen LogP contribution in [0, 0.1) is 24.2 Å². The van der Waals surface area contributed by atoms with E-state index in [1.807, 2.05) is 81.9 Å². The van der Waals surface area contributed by atoms with Crippen molar-refractivity contribution in [3.63, 3.8) is 0 Å². The lowest BCUT2D eigenvalue weighted by Crippen LogP contribution is -2.33. The number of hydrogen-bond donors (Lipinski definition) is 2. The summed E-state index contributed by atoms with van der Waals surface area (Å²) in [5.41, 5.74) is 11.9. The molecular formula is C31H30B4N8O2. The van der Waals surface area contributed by atoms with Crippen LogP contribution in [0.15, 0.2) is 81.7 Å². The quantitative estimate of drug-likeness (QED) is 0.146. The van der Waals surface area contributed by atoms with Gasteiger partial charge in [-0.05, 0) is 48.0 Å². The lowest BCUT2D eigenvalue weighted by molar-refractivity contribution is 0.0940. The molecule has 45 heavy (non-hydrogen) atoms. The van der Waals surface area contributed by atoms with Gasteiger partial charge in [-0.2, -0.15) is 5.10 Å². The van der Waals surface area contributed by atoms with Crippen LogP contribution in [-0.4, -0.2) is 66.2 Å². The number of carbonyl (C=O) groups excluding carboxylic acids is 1. The van der Waals surface area contributed by atoms with Gasteiger partial charge in [-0.3, -0.25) is 14.3 Å². The molecule has 0 spiro atoms. The van der Waals surface area contributed by atoms with Gasteiger partial charge < -0.3 is 15.6 Å². The minimum absolute atomic E-state index is 0.0611. The van der Waals surface area contributed by atoms with E-state index in [0.717, 1.165) is 21.9 Å². The maximum Gasteiger partial charge on any atom is 0.260 e. The van der Waals surface area contributed by atoms with Gasteiger partial charge in [-0.25, -0.2) is 9.50 Å². The number of nitrogens with two attached hydrogens (primary N) is 1. The van der Waals surface area contributed by atoms with Crippen molar-refractivity contribution in [2.24, 2.45) is 7.05 Å². The molecule has 1 aromatic carbocycles. The average Bonchev–Trinajstić information content (AvgIpc) is 3.60. The summed E-state index contributed by atoms with van der Waals surface area (Å²) in [4.78, 5) is 32.2. The van der Waals surface area contributed by atoms with Crippen LogP contribution in [0.5, 0.6) is 0 Å². The van der Waals surface area contributed by atoms with E-state index in [1.54, 1.807) is 27.7 Å². The molecule has 5 rings (SSSR count). The SMILES string of the molecule is B/C(C#C)=C(B)/C(B)=C(/B)Cn1c(C(C)NC(=O)c2c(N)nn3cccnc23)cc2cccc(C#Cc3ccn(C)n3)c2c1=O. The number of rotatable bonds is 6. The van der Waals surface area contributed by atoms with Crippen molar-refractivity contribution in [3.05, 3.63) is 110 Å². The first kappa shape index (κ1) is 30.8. The minimum Gasteiger partial charge on any atom is -0.381 e. The monoisotopic (exact) mass is 590 g/mol. The normalized spacial score (nSPS) is 12.9. The maximum absolute atomic E-state index is 14.4. The molecule has 0 saturated heterocycles. The summed E-state index contributed by atoms with van der Waals surface area (Å²) < 4.78 is 4.82. The Hall–Kier alpha value is -5.61. The van der Waals surface area contributed by atoms with Gasteiger partial charge in [0.2, 0.25) is 0 Å². The number of terminal acetylenes is 1. The van der Waals surface area contributed by atoms with E-state index >= 15 is 0 Å². The Kier molecular flexibility index (Phi) is 8.60. The number of aryl methyl sites for hydroxylation is 1. The Bertz CT molecular complexity index is 2230. The molecule has 0 fully saturated rings. The smallest absolute Gasteiger partial charge is 0.260 e. The predicted octanol–water partition coefficient (Wildman–Crippen LogP) is -1.16. The number of fused-ring (bicyclic) bond motifs is 2. The van der Waals surface area contributed by atoms with Gasteiger partial charge in [-0.15, -0.1) is 17.0 Å². The fourth-order valence-corrected chi connectivity index (χ4v) is 5.19. The van der Waals surface area contributed by atoms with E-state index in [9.17, 15) is 9.59 Å². The molecule has 0 bridgehead atoms. The van der Waals surface area contributed by atoms with E-state index in [-0.39, 0.29) is 23.5 Å². The van der Waals surface area contributed by atoms with Crippen molar-refractivity contribution >= 4 is 59.5 Å². The van der Waals surface area contributed by atoms with Crippen molar-refractivity contribution in [2.45, 2.75) is 19.5 Å². The van der Waals surface area contributed by atoms with Crippen LogP contribution in [0.25, 0.3) is 16.4 Å². The van der Waals surface area contributed by atoms with Crippen LogP contribution in [-0.2, 0) is 13.6 Å². The number of hydrogen-bond acceptors (Lipinski definition) is 6. The highest BCUT2D eigenvalue weighted by Gasteiger charge is 2.23. The lowest BCUT2D eigenvalue weighted by atomic mass is 9.66. The topological polar surface area (TPSA) is 125 Å². The summed E-state index contributed by atoms with van der Waals surface area (Å²) in [6.07, 6.45) is 10.7. The molecule has 14 heteroatoms. The van der Waals surface area contributed by atoms with E-state index in [0.29, 0.717) is 33.4 Å². The number of benzene rings is 1. The van der Waals surface area contributed by atoms with Gasteiger partial charge >= 0.3 is 0 Å². The summed E-state index contributed by atoms with van der Waals surface area (Å²) in [6, 6.07) is 10.4. The van der Waals surface area contributed by atoms with Crippen molar-refractivity contribution in [1.82, 2.24) is 34.3 Å². The van der Waals surface area contributed by atoms with Crippen molar-refractivity contribution < 1.29 is 4.79 Å². The second-order valence-corrected chi connectivity index (χ2v) is 11.0. The number of nitrogen functional groups attached to an aromatic ring is 1. The summed E-state index contributed by atoms with van der Waals surface area (Å²) in [6.45, 7) is 2.10. The summed E-state index contributed by atoms with van der Waals surface area (Å²) in [7, 11) is 9.66. The Morgan fingerprint density at radius 1 is 1.09 bits per heavy atom. The van der Waals surface area contributed by atoms with Crippen molar-refractivity contribution in [3.8, 4) is 24.2 Å². The summed E-state index contributed by atoms with van der Waals surface area (Å²) in [5.74, 6) is 8.52. The Morgan fingerprint density at radius 2 is 1.87 bits per heavy atom. The van der Waals surface area contributed by atoms with Crippen LogP contribution in [0.2, 0.25) is 0 Å². The third kappa shape index (κ3) is 6.09. The molecule has 0 aliphatic heterocycles. The van der Waals surface area contributed by atoms with E-state index in [2.05, 4.69) is 38.3 Å². The minimum atomic E-state index is -0.590. The number of amides is 1. The standard InChI is InChI=1S/C31H30B4N8O2/c1-4-21(32)26(34)27(35)22(33)16-42-23(17(2)38-30(44)25-28(36)40-43-13-6-12-37-29(25)43)15-19-8-5-7-18(24(19)31(42)45)9-10-20-11-14-41(3)39-20/h1,5-8,11-15,17H,16,32-35H2,2-3H3,(H2,36,40)(H,38,44)/b26-21-,27-22-. The molecule has 0 saturated carbocycles. The molecule has 10 nitrogen and oxygen atoms in total. The first-order valence-corrected chi connectivity index (χ1v) is 14.4. The van der Waals surface area contributed by atoms with Crippen LogP contribution >= 0.6 is 0 Å². The molecule has 5 aromatic rings. The number of nitrogens with one attached hydrogen (secondary N) is 1. The number of anilines is 1. The largest absolute Gasteiger partial charge is 0.381 e. The van der Waals surface area contributed by atoms with E-state index < -0.39 is 11.9 Å². The molecule has 1 unspecified atom stereocenters. The van der Waals surface area contributed by atoms with Gasteiger partial charge in [0.1, 0.15) is 42.6 Å². The molecule has 3 N–H and O–H groups in total. The number of pyridine rings is 1. The highest BCUT2D eigenvalue weighted by atomic mass is 16.2. The fraction of sp³-hybridized carbons (Fsp3) is 0.129. The molecule has 0 radical (unpaired) electrons. The number of nitrogens with zero attached hydrogens (tertiary/aromatic N) is 6. The predicted molar refractivity (Wildman–Crippen MR) is 188 cm³/mol. The molecule has 4 aromatic heterocycles. The van der Waals surface area contributed by atoms with Crippen molar-refractivity contribution in [1.29, 1.82) is 0 Å². The number of carbonyl (C=O) groups is 1. The molecule has 0 aliphatic rings. The molecular weight excluding hydrogens is 560 g/mol. The van der Waals surface area contributed by atoms with E-state index in [1.165, 1.54) is 4.52 Å². The molecule has 0 aliphatic carbocycles. The van der Waals surface area contributed by atoms with Gasteiger partial charge in [0, 0.05) is 43.4 Å². The molecule has 4 heterocycles. The van der Waals surface area contributed by atoms with Gasteiger partial charge in [-0.1, -0.05) is 34.9 Å². The second kappa shape index (κ2) is 12.6. The van der Waals surface area contributed by atoms with Crippen LogP contribution in [0.3, 0.4) is 0 Å². The van der Waals surface area contributed by atoms with E-state index in [4.69, 9.17) is 12.2 Å². The van der Waals surface area contributed by atoms with Gasteiger partial charge in [0.05, 0.1) is 11.4 Å². The zero-order valence-corrected chi connectivity index (χ0v) is 26.1. The maximum atomic E-state index is 14.4. The first-order valence-electron chi connectivity index (χ1n) is 14.4. The number of aromatic nitrogens is 6. The van der Waals surface area contributed by atoms with Crippen LogP contribution in [0.4, 0.5) is 5.82 Å². The van der Waals surface area contributed by atoms with Crippen LogP contribution < -0.4 is 16.6 Å². The summed E-state index contributed by atoms with van der Waals surface area (Å²) in [5, 5.41) is 12.7. The molecule has 218 valence electrons. The average molecular weight is 590 g/mol. The third-order valence-electron chi connectivity index (χ3n) is 8.03. The third-order valence-corrected chi connectivity index (χ3v) is 8.03. The lowest BCUT2D eigenvalue weighted by Gasteiger charge is -2.22. The van der Waals surface area contributed by atoms with Crippen molar-refractivity contribution in [2.75, 3.05) is 5.73 Å². The summed E-state index contributed by atoms with van der Waals surface area (Å²) >= 11 is 0. The Labute approximate surface area is 264 Å². The molecule has 1 atom stereocenters. The van der Waals surface area contributed by atoms with Crippen LogP contribution in [0.1, 0.15) is 40.3 Å². The zero-order valence-electron chi connectivity index (χ0n) is 26.1. The Balaban J connectivity index is 1.65. The molecule has 1 amide bonds. The van der Waals surface area contributed by atoms with Gasteiger partial charge in [0.25, 0.3) is 11.5 Å². The zero-order chi connectivity index (χ0) is 32.4. The first-order chi connectivity index (χ1) is 21.5. The second-order valence-electron chi connectivity index (χ2n) is 11.0. The fourth-order valence-electron chi connectivity index (χ4n) is 5.19. The highest BCUT2D eigenvalue weighted by Crippen LogP contribution is 2.23. The highest BCUT2D eigenvalue weighted by molar-refractivity contribution is 6.44. The number of allylic oxidation sites excluding steroid dienone is 4. The Morgan fingerprint density at radius 3 is 2.58 bits per heavy atom. The van der Waals surface area contributed by atoms with Gasteiger partial charge in [0.15, 0.2) is 11.5 Å².